The van der Waals surface area contributed by atoms with Crippen LogP contribution in [0.2, 0.25) is 0 Å². The number of hydrogen-bond donors (Lipinski definition) is 4. The summed E-state index contributed by atoms with van der Waals surface area (Å²) in [6, 6.07) is 0. The number of primary amides is 2. The average Bonchev–Trinajstić information content (AvgIpc) is 2.56. The van der Waals surface area contributed by atoms with Crippen molar-refractivity contribution in [3.05, 3.63) is 10.4 Å². The second-order valence-corrected chi connectivity index (χ2v) is 4.58. The monoisotopic (exact) mass is 256 g/mol. The molecule has 1 aromatic heterocycles. The summed E-state index contributed by atoms with van der Waals surface area (Å²) in [5.41, 5.74) is 16.3. The van der Waals surface area contributed by atoms with Gasteiger partial charge in [0.15, 0.2) is 0 Å². The fourth-order valence-electron chi connectivity index (χ4n) is 1.37. The number of anilines is 2. The molecule has 94 valence electrons. The number of unbranched alkanes of at least 4 members (excludes halogenated alkanes) is 1. The van der Waals surface area contributed by atoms with Crippen molar-refractivity contribution in [3.8, 4) is 0 Å². The SMILES string of the molecule is CCCCNc1sc(C(N)=O)c(N)c1C(N)=O. The lowest BCUT2D eigenvalue weighted by Crippen LogP contribution is -2.16. The summed E-state index contributed by atoms with van der Waals surface area (Å²) < 4.78 is 0. The first kappa shape index (κ1) is 13.3. The average molecular weight is 256 g/mol. The predicted molar refractivity (Wildman–Crippen MR) is 69.2 cm³/mol. The topological polar surface area (TPSA) is 124 Å². The molecule has 0 aliphatic carbocycles. The van der Waals surface area contributed by atoms with E-state index < -0.39 is 11.8 Å². The molecule has 0 aliphatic heterocycles. The first-order valence-corrected chi connectivity index (χ1v) is 6.06. The largest absolute Gasteiger partial charge is 0.397 e. The van der Waals surface area contributed by atoms with Crippen molar-refractivity contribution in [2.45, 2.75) is 19.8 Å². The minimum atomic E-state index is -0.662. The molecule has 0 saturated heterocycles. The number of nitrogen functional groups attached to an aromatic ring is 1. The highest BCUT2D eigenvalue weighted by atomic mass is 32.1. The lowest BCUT2D eigenvalue weighted by Gasteiger charge is -2.04. The van der Waals surface area contributed by atoms with Crippen LogP contribution < -0.4 is 22.5 Å². The molecule has 0 radical (unpaired) electrons. The number of thiophene rings is 1. The molecule has 6 nitrogen and oxygen atoms in total. The zero-order chi connectivity index (χ0) is 13.0. The Labute approximate surface area is 103 Å². The molecule has 0 atom stereocenters. The molecule has 0 fully saturated rings. The summed E-state index contributed by atoms with van der Waals surface area (Å²) >= 11 is 1.06. The highest BCUT2D eigenvalue weighted by Gasteiger charge is 2.22. The third kappa shape index (κ3) is 2.88. The van der Waals surface area contributed by atoms with Crippen LogP contribution >= 0.6 is 11.3 Å². The maximum atomic E-state index is 11.3. The second kappa shape index (κ2) is 5.53. The molecule has 0 spiro atoms. The molecule has 1 heterocycles. The van der Waals surface area contributed by atoms with Gasteiger partial charge in [0.25, 0.3) is 11.8 Å². The first-order chi connectivity index (χ1) is 7.99. The number of carbonyl (C=O) groups excluding carboxylic acids is 2. The summed E-state index contributed by atoms with van der Waals surface area (Å²) in [4.78, 5) is 22.5. The van der Waals surface area contributed by atoms with Gasteiger partial charge in [-0.15, -0.1) is 11.3 Å². The number of hydrogen-bond acceptors (Lipinski definition) is 5. The zero-order valence-corrected chi connectivity index (χ0v) is 10.4. The number of nitrogens with one attached hydrogen (secondary N) is 1. The van der Waals surface area contributed by atoms with Crippen molar-refractivity contribution in [2.75, 3.05) is 17.6 Å². The number of amides is 2. The van der Waals surface area contributed by atoms with Crippen LogP contribution in [0.4, 0.5) is 10.7 Å². The number of nitrogens with two attached hydrogens (primary N) is 3. The van der Waals surface area contributed by atoms with Crippen LogP contribution in [0.3, 0.4) is 0 Å². The van der Waals surface area contributed by atoms with Crippen LogP contribution in [0.15, 0.2) is 0 Å². The van der Waals surface area contributed by atoms with Gasteiger partial charge >= 0.3 is 0 Å². The van der Waals surface area contributed by atoms with Crippen molar-refractivity contribution in [1.82, 2.24) is 0 Å². The molecule has 0 saturated carbocycles. The van der Waals surface area contributed by atoms with Gasteiger partial charge in [-0.05, 0) is 6.42 Å². The van der Waals surface area contributed by atoms with E-state index in [1.54, 1.807) is 0 Å². The Morgan fingerprint density at radius 3 is 2.41 bits per heavy atom. The Morgan fingerprint density at radius 1 is 1.29 bits per heavy atom. The summed E-state index contributed by atoms with van der Waals surface area (Å²) in [6.07, 6.45) is 1.96. The summed E-state index contributed by atoms with van der Waals surface area (Å²) in [6.45, 7) is 2.74. The van der Waals surface area contributed by atoms with E-state index in [2.05, 4.69) is 5.32 Å². The molecule has 0 bridgehead atoms. The van der Waals surface area contributed by atoms with E-state index in [0.717, 1.165) is 24.2 Å². The quantitative estimate of drug-likeness (QED) is 0.560. The van der Waals surface area contributed by atoms with Gasteiger partial charge in [-0.3, -0.25) is 9.59 Å². The molecule has 0 unspecified atom stereocenters. The first-order valence-electron chi connectivity index (χ1n) is 5.24. The lowest BCUT2D eigenvalue weighted by molar-refractivity contribution is 0.0999. The summed E-state index contributed by atoms with van der Waals surface area (Å²) in [5.74, 6) is -1.32. The normalized spacial score (nSPS) is 10.2. The van der Waals surface area contributed by atoms with Crippen LogP contribution in [-0.4, -0.2) is 18.4 Å². The van der Waals surface area contributed by atoms with E-state index in [9.17, 15) is 9.59 Å². The van der Waals surface area contributed by atoms with Crippen LogP contribution in [-0.2, 0) is 0 Å². The van der Waals surface area contributed by atoms with Gasteiger partial charge in [0, 0.05) is 6.54 Å². The van der Waals surface area contributed by atoms with E-state index in [4.69, 9.17) is 17.2 Å². The van der Waals surface area contributed by atoms with Gasteiger partial charge in [-0.2, -0.15) is 0 Å². The summed E-state index contributed by atoms with van der Waals surface area (Å²) in [5, 5.41) is 3.55. The predicted octanol–water partition coefficient (Wildman–Crippen LogP) is 0.740. The number of rotatable bonds is 6. The highest BCUT2D eigenvalue weighted by molar-refractivity contribution is 7.19. The fraction of sp³-hybridized carbons (Fsp3) is 0.400. The maximum absolute atomic E-state index is 11.3. The van der Waals surface area contributed by atoms with E-state index in [1.165, 1.54) is 0 Å². The second-order valence-electron chi connectivity index (χ2n) is 3.56. The smallest absolute Gasteiger partial charge is 0.260 e. The van der Waals surface area contributed by atoms with Gasteiger partial charge in [0.2, 0.25) is 0 Å². The molecule has 0 aliphatic rings. The summed E-state index contributed by atoms with van der Waals surface area (Å²) in [7, 11) is 0. The Morgan fingerprint density at radius 2 is 1.94 bits per heavy atom. The van der Waals surface area contributed by atoms with Crippen molar-refractivity contribution in [3.63, 3.8) is 0 Å². The molecular weight excluding hydrogens is 240 g/mol. The highest BCUT2D eigenvalue weighted by Crippen LogP contribution is 2.35. The minimum absolute atomic E-state index is 0.0639. The van der Waals surface area contributed by atoms with Crippen LogP contribution in [0.25, 0.3) is 0 Å². The van der Waals surface area contributed by atoms with E-state index >= 15 is 0 Å². The molecule has 17 heavy (non-hydrogen) atoms. The zero-order valence-electron chi connectivity index (χ0n) is 9.58. The molecule has 2 amide bonds. The van der Waals surface area contributed by atoms with Gasteiger partial charge in [0.05, 0.1) is 11.3 Å². The van der Waals surface area contributed by atoms with Crippen molar-refractivity contribution in [2.24, 2.45) is 11.5 Å². The number of carbonyl (C=O) groups is 2. The third-order valence-electron chi connectivity index (χ3n) is 2.23. The van der Waals surface area contributed by atoms with Crippen molar-refractivity contribution < 1.29 is 9.59 Å². The van der Waals surface area contributed by atoms with E-state index in [0.29, 0.717) is 11.5 Å². The molecular formula is C10H16N4O2S. The van der Waals surface area contributed by atoms with Gasteiger partial charge in [0.1, 0.15) is 9.88 Å². The Bertz CT molecular complexity index is 442. The third-order valence-corrected chi connectivity index (χ3v) is 3.41. The van der Waals surface area contributed by atoms with Gasteiger partial charge < -0.3 is 22.5 Å². The van der Waals surface area contributed by atoms with E-state index in [1.807, 2.05) is 6.92 Å². The van der Waals surface area contributed by atoms with Crippen LogP contribution in [0.5, 0.6) is 0 Å². The standard InChI is InChI=1S/C10H16N4O2S/c1-2-3-4-14-10-5(8(12)15)6(11)7(17-10)9(13)16/h14H,2-4,11H2,1H3,(H2,12,15)(H2,13,16). The molecule has 7 heteroatoms. The Hall–Kier alpha value is -1.76. The molecule has 1 rings (SSSR count). The molecule has 7 N–H and O–H groups in total. The maximum Gasteiger partial charge on any atom is 0.260 e. The van der Waals surface area contributed by atoms with Crippen molar-refractivity contribution in [1.29, 1.82) is 0 Å². The molecule has 0 aromatic carbocycles. The fourth-order valence-corrected chi connectivity index (χ4v) is 2.38. The Balaban J connectivity index is 3.06. The van der Waals surface area contributed by atoms with Crippen molar-refractivity contribution >= 4 is 33.8 Å². The van der Waals surface area contributed by atoms with E-state index in [-0.39, 0.29) is 16.1 Å². The van der Waals surface area contributed by atoms with Gasteiger partial charge in [-0.1, -0.05) is 13.3 Å². The van der Waals surface area contributed by atoms with Crippen LogP contribution in [0.1, 0.15) is 39.8 Å². The lowest BCUT2D eigenvalue weighted by atomic mass is 10.2. The molecule has 1 aromatic rings. The Kier molecular flexibility index (Phi) is 4.33. The van der Waals surface area contributed by atoms with Gasteiger partial charge in [-0.25, -0.2) is 0 Å². The minimum Gasteiger partial charge on any atom is -0.397 e. The van der Waals surface area contributed by atoms with Crippen LogP contribution in [0, 0.1) is 0 Å².